The summed E-state index contributed by atoms with van der Waals surface area (Å²) in [5.41, 5.74) is -0.295. The maximum absolute atomic E-state index is 7.05. The first-order valence-corrected chi connectivity index (χ1v) is 36.0. The Kier molecular flexibility index (Phi) is 13.3. The van der Waals surface area contributed by atoms with Crippen LogP contribution in [0.2, 0.25) is 0 Å². The Labute approximate surface area is 442 Å². The summed E-state index contributed by atoms with van der Waals surface area (Å²) >= 11 is 31.8. The lowest BCUT2D eigenvalue weighted by atomic mass is 9.96. The van der Waals surface area contributed by atoms with Gasteiger partial charge in [-0.2, -0.15) is 0 Å². The molecule has 0 N–H and O–H groups in total. The van der Waals surface area contributed by atoms with Gasteiger partial charge in [0.1, 0.15) is 0 Å². The van der Waals surface area contributed by atoms with E-state index in [0.29, 0.717) is 26.4 Å². The molecule has 0 saturated heterocycles. The molecule has 338 valence electrons. The van der Waals surface area contributed by atoms with Crippen LogP contribution in [0.15, 0.2) is 47.6 Å². The minimum absolute atomic E-state index is 0.147. The molecule has 0 unspecified atom stereocenters. The van der Waals surface area contributed by atoms with E-state index in [-0.39, 0.29) is 10.8 Å². The molecule has 0 aromatic carbocycles. The van der Waals surface area contributed by atoms with E-state index in [1.165, 1.54) is 98.1 Å². The van der Waals surface area contributed by atoms with Crippen molar-refractivity contribution in [3.8, 4) is 71.8 Å². The summed E-state index contributed by atoms with van der Waals surface area (Å²) < 4.78 is 31.1. The number of rotatable bonds is 7. The van der Waals surface area contributed by atoms with E-state index in [1.54, 1.807) is 0 Å². The average Bonchev–Trinajstić information content (AvgIpc) is 4.14. The van der Waals surface area contributed by atoms with E-state index in [2.05, 4.69) is 63.7 Å². The molecule has 6 aliphatic rings. The van der Waals surface area contributed by atoms with Crippen LogP contribution in [-0.4, -0.2) is 85.0 Å². The van der Waals surface area contributed by atoms with Crippen LogP contribution in [0.3, 0.4) is 0 Å². The number of thioether (sulfide) groups is 10. The van der Waals surface area contributed by atoms with Crippen molar-refractivity contribution in [2.75, 3.05) is 85.0 Å². The van der Waals surface area contributed by atoms with Crippen LogP contribution in [0.5, 0.6) is 23.0 Å². The van der Waals surface area contributed by atoms with Crippen LogP contribution in [0.4, 0.5) is 0 Å². The molecule has 20 heteroatoms. The maximum atomic E-state index is 7.05. The van der Waals surface area contributed by atoms with Crippen molar-refractivity contribution < 1.29 is 18.9 Å². The van der Waals surface area contributed by atoms with Crippen molar-refractivity contribution in [3.05, 3.63) is 0 Å². The lowest BCUT2D eigenvalue weighted by molar-refractivity contribution is 0.140. The van der Waals surface area contributed by atoms with E-state index in [0.717, 1.165) is 67.3 Å². The maximum Gasteiger partial charge on any atom is 0.181 e. The van der Waals surface area contributed by atoms with Gasteiger partial charge in [-0.25, -0.2) is 0 Å². The van der Waals surface area contributed by atoms with Crippen molar-refractivity contribution in [2.24, 2.45) is 10.8 Å². The van der Waals surface area contributed by atoms with Gasteiger partial charge in [0.15, 0.2) is 23.0 Å². The highest BCUT2D eigenvalue weighted by atomic mass is 32.2. The molecule has 0 bridgehead atoms. The lowest BCUT2D eigenvalue weighted by Crippen LogP contribution is -2.26. The Hall–Kier alpha value is 0.900. The van der Waals surface area contributed by atoms with Crippen LogP contribution < -0.4 is 18.9 Å². The molecule has 0 amide bonds. The van der Waals surface area contributed by atoms with Crippen molar-refractivity contribution in [2.45, 2.75) is 75.3 Å². The number of fused-ring (bicyclic) bond motifs is 6. The third-order valence-corrected chi connectivity index (χ3v) is 32.8. The largest absolute Gasteiger partial charge is 0.487 e. The van der Waals surface area contributed by atoms with Crippen LogP contribution in [0.25, 0.3) is 48.8 Å². The minimum atomic E-state index is -0.147. The molecule has 0 saturated carbocycles. The van der Waals surface area contributed by atoms with Gasteiger partial charge >= 0.3 is 0 Å². The van der Waals surface area contributed by atoms with Crippen LogP contribution in [0, 0.1) is 10.8 Å². The Morgan fingerprint density at radius 3 is 0.828 bits per heavy atom. The first-order valence-electron chi connectivity index (χ1n) is 20.8. The molecule has 0 aliphatic carbocycles. The van der Waals surface area contributed by atoms with Gasteiger partial charge in [-0.15, -0.1) is 186 Å². The summed E-state index contributed by atoms with van der Waals surface area (Å²) in [4.78, 5) is 24.7. The van der Waals surface area contributed by atoms with Gasteiger partial charge in [-0.1, -0.05) is 27.7 Å². The van der Waals surface area contributed by atoms with Gasteiger partial charge in [0, 0.05) is 96.0 Å². The van der Waals surface area contributed by atoms with Gasteiger partial charge in [0.05, 0.1) is 83.6 Å². The zero-order chi connectivity index (χ0) is 43.5. The molecule has 0 spiro atoms. The number of hydrogen-bond donors (Lipinski definition) is 0. The predicted molar refractivity (Wildman–Crippen MR) is 300 cm³/mol. The van der Waals surface area contributed by atoms with E-state index >= 15 is 0 Å². The molecular weight excluding hydrogens is 1110 g/mol. The molecule has 12 heterocycles. The van der Waals surface area contributed by atoms with Crippen molar-refractivity contribution >= 4 is 186 Å². The van der Waals surface area contributed by atoms with Gasteiger partial charge in [0.2, 0.25) is 0 Å². The van der Waals surface area contributed by atoms with E-state index in [4.69, 9.17) is 18.9 Å². The highest BCUT2D eigenvalue weighted by molar-refractivity contribution is 8.08. The second-order valence-corrected chi connectivity index (χ2v) is 34.2. The molecule has 6 aromatic rings. The lowest BCUT2D eigenvalue weighted by Gasteiger charge is -2.21. The standard InChI is InChI=1S/C44H42O4S16/c1-43(2)15-45-19-21(47-17-43)25(33-27-29(53-9-7-51-27)35(61-33)37-31-39(41(49-5)63-37)57-13-11-55-31)59-23(19)24-20-22(48-18-44(3,4)16-46-20)26(60-24)34-28-30(54-10-8-52-28)36(62-34)38-32-40(42(50-6)64-38)58-14-12-56-32/h7-18H2,1-6H3. The topological polar surface area (TPSA) is 36.9 Å². The Bertz CT molecular complexity index is 2620. The summed E-state index contributed by atoms with van der Waals surface area (Å²) in [6.07, 6.45) is 4.48. The minimum Gasteiger partial charge on any atom is -0.487 e. The SMILES string of the molecule is CSc1sc(-c2sc(-c3sc(-c4sc(-c5sc(-c6sc(SC)c7c6SCCS7)c6c5SCCS6)c5c4OCC(C)(C)CO5)c4c3OCC(C)(C)CO4)c3c2SCCS3)c2c1SCCS2. The smallest absolute Gasteiger partial charge is 0.181 e. The van der Waals surface area contributed by atoms with Gasteiger partial charge in [-0.05, 0) is 12.5 Å². The quantitative estimate of drug-likeness (QED) is 0.142. The van der Waals surface area contributed by atoms with Gasteiger partial charge in [0.25, 0.3) is 0 Å². The highest BCUT2D eigenvalue weighted by Crippen LogP contribution is 2.68. The molecule has 4 nitrogen and oxygen atoms in total. The van der Waals surface area contributed by atoms with E-state index in [9.17, 15) is 0 Å². The fraction of sp³-hybridized carbons (Fsp3) is 0.455. The Morgan fingerprint density at radius 2 is 0.531 bits per heavy atom. The van der Waals surface area contributed by atoms with Crippen molar-refractivity contribution in [1.29, 1.82) is 0 Å². The van der Waals surface area contributed by atoms with Crippen LogP contribution in [0.1, 0.15) is 27.7 Å². The molecule has 6 aliphatic heterocycles. The van der Waals surface area contributed by atoms with Crippen molar-refractivity contribution in [3.63, 3.8) is 0 Å². The monoisotopic (exact) mass is 1150 g/mol. The first-order chi connectivity index (χ1) is 31.1. The summed E-state index contributed by atoms with van der Waals surface area (Å²) in [6, 6.07) is 0. The third kappa shape index (κ3) is 8.06. The first kappa shape index (κ1) is 46.0. The number of ether oxygens (including phenoxy) is 4. The second-order valence-electron chi connectivity index (χ2n) is 17.1. The molecule has 0 radical (unpaired) electrons. The summed E-state index contributed by atoms with van der Waals surface area (Å²) in [7, 11) is 0. The second kappa shape index (κ2) is 18.5. The average molecular weight is 1150 g/mol. The molecule has 0 atom stereocenters. The van der Waals surface area contributed by atoms with Crippen molar-refractivity contribution in [1.82, 2.24) is 0 Å². The summed E-state index contributed by atoms with van der Waals surface area (Å²) in [5, 5.41) is 0. The summed E-state index contributed by atoms with van der Waals surface area (Å²) in [6.45, 7) is 11.4. The molecule has 12 rings (SSSR count). The number of hydrogen-bond acceptors (Lipinski definition) is 20. The Morgan fingerprint density at radius 1 is 0.312 bits per heavy atom. The van der Waals surface area contributed by atoms with Crippen LogP contribution in [-0.2, 0) is 0 Å². The zero-order valence-electron chi connectivity index (χ0n) is 35.7. The predicted octanol–water partition coefficient (Wildman–Crippen LogP) is 18.2. The zero-order valence-corrected chi connectivity index (χ0v) is 48.7. The molecular formula is C44H42O4S16. The molecule has 0 fully saturated rings. The normalized spacial score (nSPS) is 19.7. The fourth-order valence-corrected chi connectivity index (χ4v) is 30.1. The fourth-order valence-electron chi connectivity index (χ4n) is 7.99. The molecule has 6 aromatic heterocycles. The highest BCUT2D eigenvalue weighted by Gasteiger charge is 2.41. The van der Waals surface area contributed by atoms with Gasteiger partial charge < -0.3 is 18.9 Å². The van der Waals surface area contributed by atoms with Gasteiger partial charge in [-0.3, -0.25) is 0 Å². The van der Waals surface area contributed by atoms with Crippen LogP contribution >= 0.6 is 186 Å². The van der Waals surface area contributed by atoms with E-state index < -0.39 is 0 Å². The number of thiophene rings is 6. The molecule has 64 heavy (non-hydrogen) atoms. The summed E-state index contributed by atoms with van der Waals surface area (Å²) in [5.74, 6) is 12.7. The van der Waals surface area contributed by atoms with E-state index in [1.807, 2.05) is 162 Å². The Balaban J connectivity index is 1.05. The third-order valence-electron chi connectivity index (χ3n) is 11.0.